The molecule has 2 aromatic rings. The van der Waals surface area contributed by atoms with Crippen LogP contribution < -0.4 is 16.4 Å². The number of pyridine rings is 1. The quantitative estimate of drug-likeness (QED) is 0.696. The standard InChI is InChI=1S/C16H16F4N4O/c17-11-3-1-4-12(7-11)24-14-13(5-2-6-22-14)15(25)23-9-10(8-21)16(18,19)20/h1-7,10H,8-9,21H2,(H,22,24)(H,23,25). The van der Waals surface area contributed by atoms with Gasteiger partial charge in [0.05, 0.1) is 11.5 Å². The third kappa shape index (κ3) is 5.15. The molecular weight excluding hydrogens is 340 g/mol. The van der Waals surface area contributed by atoms with Crippen molar-refractivity contribution in [2.75, 3.05) is 18.4 Å². The normalized spacial score (nSPS) is 12.5. The molecule has 1 amide bonds. The molecule has 0 radical (unpaired) electrons. The molecule has 4 N–H and O–H groups in total. The van der Waals surface area contributed by atoms with Crippen LogP contribution in [0.25, 0.3) is 0 Å². The Morgan fingerprint density at radius 1 is 1.24 bits per heavy atom. The summed E-state index contributed by atoms with van der Waals surface area (Å²) in [7, 11) is 0. The Morgan fingerprint density at radius 3 is 2.64 bits per heavy atom. The van der Waals surface area contributed by atoms with Crippen molar-refractivity contribution < 1.29 is 22.4 Å². The second-order valence-electron chi connectivity index (χ2n) is 5.22. The molecule has 1 unspecified atom stereocenters. The number of carbonyl (C=O) groups is 1. The van der Waals surface area contributed by atoms with Gasteiger partial charge < -0.3 is 16.4 Å². The van der Waals surface area contributed by atoms with Gasteiger partial charge in [-0.3, -0.25) is 4.79 Å². The summed E-state index contributed by atoms with van der Waals surface area (Å²) in [6.07, 6.45) is -3.10. The predicted molar refractivity (Wildman–Crippen MR) is 84.9 cm³/mol. The van der Waals surface area contributed by atoms with Crippen molar-refractivity contribution in [2.45, 2.75) is 6.18 Å². The maximum atomic E-state index is 13.2. The predicted octanol–water partition coefficient (Wildman–Crippen LogP) is 2.83. The molecule has 1 heterocycles. The summed E-state index contributed by atoms with van der Waals surface area (Å²) < 4.78 is 51.3. The average molecular weight is 356 g/mol. The van der Waals surface area contributed by atoms with Crippen LogP contribution in [0.15, 0.2) is 42.6 Å². The number of amides is 1. The van der Waals surface area contributed by atoms with Gasteiger partial charge in [0.15, 0.2) is 0 Å². The van der Waals surface area contributed by atoms with E-state index in [-0.39, 0.29) is 11.4 Å². The molecular formula is C16H16F4N4O. The summed E-state index contributed by atoms with van der Waals surface area (Å²) in [6.45, 7) is -1.28. The van der Waals surface area contributed by atoms with Gasteiger partial charge in [0.25, 0.3) is 5.91 Å². The average Bonchev–Trinajstić information content (AvgIpc) is 2.54. The SMILES string of the molecule is NCC(CNC(=O)c1cccnc1Nc1cccc(F)c1)C(F)(F)F. The molecule has 0 saturated carbocycles. The largest absolute Gasteiger partial charge is 0.394 e. The van der Waals surface area contributed by atoms with Crippen molar-refractivity contribution in [1.29, 1.82) is 0 Å². The van der Waals surface area contributed by atoms with Gasteiger partial charge in [0.1, 0.15) is 11.6 Å². The molecule has 2 rings (SSSR count). The number of nitrogens with zero attached hydrogens (tertiary/aromatic N) is 1. The Balaban J connectivity index is 2.12. The zero-order valence-electron chi connectivity index (χ0n) is 13.0. The smallest absolute Gasteiger partial charge is 0.351 e. The number of benzene rings is 1. The minimum atomic E-state index is -4.50. The number of nitrogens with one attached hydrogen (secondary N) is 2. The summed E-state index contributed by atoms with van der Waals surface area (Å²) in [6, 6.07) is 8.35. The number of nitrogens with two attached hydrogens (primary N) is 1. The van der Waals surface area contributed by atoms with E-state index in [0.29, 0.717) is 5.69 Å². The monoisotopic (exact) mass is 356 g/mol. The van der Waals surface area contributed by atoms with Gasteiger partial charge >= 0.3 is 6.18 Å². The summed E-state index contributed by atoms with van der Waals surface area (Å²) >= 11 is 0. The van der Waals surface area contributed by atoms with Gasteiger partial charge in [-0.2, -0.15) is 13.2 Å². The lowest BCUT2D eigenvalue weighted by Crippen LogP contribution is -2.40. The number of hydrogen-bond acceptors (Lipinski definition) is 4. The molecule has 1 aromatic heterocycles. The van der Waals surface area contributed by atoms with Crippen LogP contribution in [-0.4, -0.2) is 30.2 Å². The molecule has 0 saturated heterocycles. The fourth-order valence-electron chi connectivity index (χ4n) is 2.03. The first-order chi connectivity index (χ1) is 11.8. The second kappa shape index (κ2) is 7.93. The Kier molecular flexibility index (Phi) is 5.92. The molecule has 25 heavy (non-hydrogen) atoms. The Hall–Kier alpha value is -2.68. The van der Waals surface area contributed by atoms with Crippen LogP contribution in [0.1, 0.15) is 10.4 Å². The van der Waals surface area contributed by atoms with Crippen LogP contribution >= 0.6 is 0 Å². The first kappa shape index (κ1) is 18.7. The third-order valence-corrected chi connectivity index (χ3v) is 3.40. The molecule has 0 fully saturated rings. The van der Waals surface area contributed by atoms with E-state index in [1.54, 1.807) is 6.07 Å². The van der Waals surface area contributed by atoms with E-state index in [4.69, 9.17) is 5.73 Å². The fraction of sp³-hybridized carbons (Fsp3) is 0.250. The summed E-state index contributed by atoms with van der Waals surface area (Å²) in [4.78, 5) is 16.2. The highest BCUT2D eigenvalue weighted by Crippen LogP contribution is 2.25. The highest BCUT2D eigenvalue weighted by Gasteiger charge is 2.38. The van der Waals surface area contributed by atoms with Crippen molar-refractivity contribution in [3.63, 3.8) is 0 Å². The third-order valence-electron chi connectivity index (χ3n) is 3.40. The highest BCUT2D eigenvalue weighted by atomic mass is 19.4. The van der Waals surface area contributed by atoms with E-state index in [9.17, 15) is 22.4 Å². The zero-order chi connectivity index (χ0) is 18.4. The summed E-state index contributed by atoms with van der Waals surface area (Å²) in [5, 5.41) is 4.97. The van der Waals surface area contributed by atoms with E-state index >= 15 is 0 Å². The number of rotatable bonds is 6. The Morgan fingerprint density at radius 2 is 2.00 bits per heavy atom. The second-order valence-corrected chi connectivity index (χ2v) is 5.22. The molecule has 0 spiro atoms. The molecule has 1 atom stereocenters. The first-order valence-electron chi connectivity index (χ1n) is 7.34. The number of anilines is 2. The van der Waals surface area contributed by atoms with E-state index in [0.717, 1.165) is 0 Å². The first-order valence-corrected chi connectivity index (χ1v) is 7.34. The van der Waals surface area contributed by atoms with Gasteiger partial charge in [-0.05, 0) is 30.3 Å². The molecule has 5 nitrogen and oxygen atoms in total. The van der Waals surface area contributed by atoms with Crippen LogP contribution in [0.5, 0.6) is 0 Å². The van der Waals surface area contributed by atoms with E-state index in [1.807, 2.05) is 0 Å². The number of carbonyl (C=O) groups excluding carboxylic acids is 1. The summed E-state index contributed by atoms with van der Waals surface area (Å²) in [5.74, 6) is -2.97. The Labute approximate surface area is 141 Å². The van der Waals surface area contributed by atoms with E-state index < -0.39 is 36.9 Å². The number of alkyl halides is 3. The topological polar surface area (TPSA) is 80.0 Å². The molecule has 0 aliphatic carbocycles. The van der Waals surface area contributed by atoms with Crippen molar-refractivity contribution in [3.8, 4) is 0 Å². The van der Waals surface area contributed by atoms with Gasteiger partial charge in [-0.15, -0.1) is 0 Å². The van der Waals surface area contributed by atoms with E-state index in [2.05, 4.69) is 15.6 Å². The van der Waals surface area contributed by atoms with Gasteiger partial charge in [-0.1, -0.05) is 6.07 Å². The van der Waals surface area contributed by atoms with Crippen LogP contribution in [0.3, 0.4) is 0 Å². The summed E-state index contributed by atoms with van der Waals surface area (Å²) in [5.41, 5.74) is 5.48. The molecule has 1 aromatic carbocycles. The molecule has 9 heteroatoms. The molecule has 0 bridgehead atoms. The Bertz CT molecular complexity index is 736. The number of aromatic nitrogens is 1. The highest BCUT2D eigenvalue weighted by molar-refractivity contribution is 5.99. The maximum Gasteiger partial charge on any atom is 0.394 e. The lowest BCUT2D eigenvalue weighted by Gasteiger charge is -2.19. The van der Waals surface area contributed by atoms with Crippen LogP contribution in [0.2, 0.25) is 0 Å². The van der Waals surface area contributed by atoms with Gasteiger partial charge in [0.2, 0.25) is 0 Å². The van der Waals surface area contributed by atoms with Crippen LogP contribution in [0, 0.1) is 11.7 Å². The van der Waals surface area contributed by atoms with Gasteiger partial charge in [-0.25, -0.2) is 9.37 Å². The number of halogens is 4. The zero-order valence-corrected chi connectivity index (χ0v) is 13.0. The maximum absolute atomic E-state index is 13.2. The number of hydrogen-bond donors (Lipinski definition) is 3. The van der Waals surface area contributed by atoms with Crippen molar-refractivity contribution in [2.24, 2.45) is 11.7 Å². The molecule has 0 aliphatic rings. The van der Waals surface area contributed by atoms with Crippen LogP contribution in [-0.2, 0) is 0 Å². The molecule has 134 valence electrons. The fourth-order valence-corrected chi connectivity index (χ4v) is 2.03. The minimum Gasteiger partial charge on any atom is -0.351 e. The molecule has 0 aliphatic heterocycles. The van der Waals surface area contributed by atoms with E-state index in [1.165, 1.54) is 36.5 Å². The van der Waals surface area contributed by atoms with Crippen LogP contribution in [0.4, 0.5) is 29.1 Å². The minimum absolute atomic E-state index is 0.0321. The van der Waals surface area contributed by atoms with Crippen molar-refractivity contribution in [1.82, 2.24) is 10.3 Å². The lowest BCUT2D eigenvalue weighted by atomic mass is 10.1. The van der Waals surface area contributed by atoms with Crippen molar-refractivity contribution in [3.05, 3.63) is 54.0 Å². The van der Waals surface area contributed by atoms with Gasteiger partial charge in [0, 0.05) is 25.0 Å². The van der Waals surface area contributed by atoms with Crippen molar-refractivity contribution >= 4 is 17.4 Å². The lowest BCUT2D eigenvalue weighted by molar-refractivity contribution is -0.169.